The predicted molar refractivity (Wildman–Crippen MR) is 138 cm³/mol. The fourth-order valence-corrected chi connectivity index (χ4v) is 4.72. The number of methoxy groups -OCH3 is 1. The number of rotatable bonds is 8. The molecular formula is C30H39NO. The van der Waals surface area contributed by atoms with Crippen LogP contribution < -0.4 is 4.90 Å². The molecule has 0 saturated carbocycles. The number of allylic oxidation sites excluding steroid dienone is 5. The summed E-state index contributed by atoms with van der Waals surface area (Å²) in [4.78, 5) is 2.46. The van der Waals surface area contributed by atoms with Crippen LogP contribution in [0.3, 0.4) is 0 Å². The second kappa shape index (κ2) is 9.50. The highest BCUT2D eigenvalue weighted by molar-refractivity contribution is 5.70. The van der Waals surface area contributed by atoms with Crippen LogP contribution in [0.1, 0.15) is 57.7 Å². The summed E-state index contributed by atoms with van der Waals surface area (Å²) in [6, 6.07) is 17.4. The Balaban J connectivity index is 1.90. The zero-order valence-corrected chi connectivity index (χ0v) is 20.9. The van der Waals surface area contributed by atoms with Gasteiger partial charge in [0.1, 0.15) is 0 Å². The molecule has 0 radical (unpaired) electrons. The van der Waals surface area contributed by atoms with E-state index in [0.29, 0.717) is 0 Å². The summed E-state index contributed by atoms with van der Waals surface area (Å²) in [5.74, 6) is 0. The Morgan fingerprint density at radius 3 is 2.47 bits per heavy atom. The summed E-state index contributed by atoms with van der Waals surface area (Å²) in [6.07, 6.45) is 7.84. The van der Waals surface area contributed by atoms with Crippen LogP contribution in [0.15, 0.2) is 84.6 Å². The van der Waals surface area contributed by atoms with E-state index in [9.17, 15) is 0 Å². The number of benzene rings is 2. The molecule has 170 valence electrons. The Morgan fingerprint density at radius 1 is 1.12 bits per heavy atom. The first-order valence-corrected chi connectivity index (χ1v) is 11.6. The zero-order valence-electron chi connectivity index (χ0n) is 20.9. The maximum Gasteiger partial charge on any atom is 0.0560 e. The van der Waals surface area contributed by atoms with Gasteiger partial charge in [-0.1, -0.05) is 88.9 Å². The van der Waals surface area contributed by atoms with E-state index in [1.54, 1.807) is 7.11 Å². The van der Waals surface area contributed by atoms with E-state index in [1.165, 1.54) is 28.1 Å². The van der Waals surface area contributed by atoms with Crippen molar-refractivity contribution in [1.29, 1.82) is 0 Å². The van der Waals surface area contributed by atoms with Crippen molar-refractivity contribution in [2.45, 2.75) is 64.9 Å². The molecule has 0 bridgehead atoms. The van der Waals surface area contributed by atoms with E-state index in [0.717, 1.165) is 18.5 Å². The van der Waals surface area contributed by atoms with Crippen molar-refractivity contribution >= 4 is 5.69 Å². The van der Waals surface area contributed by atoms with Crippen LogP contribution in [-0.2, 0) is 15.6 Å². The molecule has 2 aromatic rings. The Hall–Kier alpha value is -2.58. The lowest BCUT2D eigenvalue weighted by Gasteiger charge is -2.29. The molecule has 32 heavy (non-hydrogen) atoms. The molecular weight excluding hydrogens is 390 g/mol. The maximum absolute atomic E-state index is 5.52. The molecule has 0 amide bonds. The summed E-state index contributed by atoms with van der Waals surface area (Å²) in [7, 11) is 1.79. The van der Waals surface area contributed by atoms with Gasteiger partial charge in [-0.2, -0.15) is 0 Å². The van der Waals surface area contributed by atoms with Crippen molar-refractivity contribution in [2.75, 3.05) is 18.6 Å². The molecule has 1 atom stereocenters. The third-order valence-corrected chi connectivity index (χ3v) is 7.13. The summed E-state index contributed by atoms with van der Waals surface area (Å²) in [5.41, 5.74) is 7.56. The summed E-state index contributed by atoms with van der Waals surface area (Å²) in [6.45, 7) is 18.8. The Kier molecular flexibility index (Phi) is 7.15. The quantitative estimate of drug-likeness (QED) is 0.403. The Bertz CT molecular complexity index is 1020. The molecule has 0 spiro atoms. The SMILES string of the molecule is C=C(/C=C/C=C1/N(CCC(C)OC)c2ccccc2C1(C)C)C(C)(C)c1ccccc1C. The molecule has 3 rings (SSSR count). The van der Waals surface area contributed by atoms with Crippen LogP contribution in [0.25, 0.3) is 0 Å². The third-order valence-electron chi connectivity index (χ3n) is 7.13. The Morgan fingerprint density at radius 2 is 1.78 bits per heavy atom. The first-order chi connectivity index (χ1) is 15.1. The number of para-hydroxylation sites is 1. The van der Waals surface area contributed by atoms with Crippen LogP contribution >= 0.6 is 0 Å². The van der Waals surface area contributed by atoms with Crippen molar-refractivity contribution in [1.82, 2.24) is 0 Å². The van der Waals surface area contributed by atoms with Gasteiger partial charge in [0.15, 0.2) is 0 Å². The van der Waals surface area contributed by atoms with Gasteiger partial charge in [-0.05, 0) is 54.7 Å². The van der Waals surface area contributed by atoms with Gasteiger partial charge >= 0.3 is 0 Å². The molecule has 1 aliphatic heterocycles. The van der Waals surface area contributed by atoms with E-state index < -0.39 is 0 Å². The van der Waals surface area contributed by atoms with Gasteiger partial charge < -0.3 is 9.64 Å². The van der Waals surface area contributed by atoms with Crippen LogP contribution in [0.5, 0.6) is 0 Å². The number of ether oxygens (including phenoxy) is 1. The zero-order chi connectivity index (χ0) is 23.5. The largest absolute Gasteiger partial charge is 0.382 e. The minimum absolute atomic E-state index is 0.0515. The predicted octanol–water partition coefficient (Wildman–Crippen LogP) is 7.49. The average Bonchev–Trinajstić information content (AvgIpc) is 2.98. The minimum Gasteiger partial charge on any atom is -0.382 e. The molecule has 0 saturated heterocycles. The monoisotopic (exact) mass is 429 g/mol. The molecule has 0 aromatic heterocycles. The fourth-order valence-electron chi connectivity index (χ4n) is 4.72. The maximum atomic E-state index is 5.52. The minimum atomic E-state index is -0.123. The number of nitrogens with zero attached hydrogens (tertiary/aromatic N) is 1. The number of fused-ring (bicyclic) bond motifs is 1. The standard InChI is InChI=1S/C30H39NO/c1-22-14-9-10-16-25(22)29(4,5)23(2)15-13-19-28-30(6,7)26-17-11-12-18-27(26)31(28)21-20-24(3)32-8/h9-19,24H,2,20-21H2,1,3-8H3/b15-13+,28-19+. The lowest BCUT2D eigenvalue weighted by molar-refractivity contribution is 0.113. The van der Waals surface area contributed by atoms with E-state index >= 15 is 0 Å². The Labute approximate surface area is 195 Å². The number of aryl methyl sites for hydroxylation is 1. The smallest absolute Gasteiger partial charge is 0.0560 e. The lowest BCUT2D eigenvalue weighted by atomic mass is 9.76. The first-order valence-electron chi connectivity index (χ1n) is 11.6. The first kappa shape index (κ1) is 24.1. The second-order valence-corrected chi connectivity index (χ2v) is 10.0. The summed E-state index contributed by atoms with van der Waals surface area (Å²) >= 11 is 0. The second-order valence-electron chi connectivity index (χ2n) is 10.0. The van der Waals surface area contributed by atoms with Crippen LogP contribution in [-0.4, -0.2) is 19.8 Å². The van der Waals surface area contributed by atoms with Gasteiger partial charge in [0.2, 0.25) is 0 Å². The summed E-state index contributed by atoms with van der Waals surface area (Å²) < 4.78 is 5.52. The highest BCUT2D eigenvalue weighted by atomic mass is 16.5. The lowest BCUT2D eigenvalue weighted by Crippen LogP contribution is -2.28. The van der Waals surface area contributed by atoms with Gasteiger partial charge in [0.05, 0.1) is 6.10 Å². The molecule has 2 heteroatoms. The van der Waals surface area contributed by atoms with Crippen LogP contribution in [0.4, 0.5) is 5.69 Å². The van der Waals surface area contributed by atoms with Crippen molar-refractivity contribution < 1.29 is 4.74 Å². The van der Waals surface area contributed by atoms with Gasteiger partial charge in [-0.15, -0.1) is 0 Å². The molecule has 1 aliphatic rings. The molecule has 1 unspecified atom stereocenters. The molecule has 2 aromatic carbocycles. The van der Waals surface area contributed by atoms with E-state index in [4.69, 9.17) is 4.74 Å². The molecule has 1 heterocycles. The number of hydrogen-bond acceptors (Lipinski definition) is 2. The third kappa shape index (κ3) is 4.61. The molecule has 0 fully saturated rings. The van der Waals surface area contributed by atoms with Gasteiger partial charge in [-0.3, -0.25) is 0 Å². The highest BCUT2D eigenvalue weighted by Crippen LogP contribution is 2.47. The molecule has 0 N–H and O–H groups in total. The van der Waals surface area contributed by atoms with Gasteiger partial charge in [0.25, 0.3) is 0 Å². The van der Waals surface area contributed by atoms with Crippen LogP contribution in [0.2, 0.25) is 0 Å². The van der Waals surface area contributed by atoms with E-state index in [-0.39, 0.29) is 16.9 Å². The average molecular weight is 430 g/mol. The van der Waals surface area contributed by atoms with Gasteiger partial charge in [0, 0.05) is 35.9 Å². The van der Waals surface area contributed by atoms with Crippen molar-refractivity contribution in [3.8, 4) is 0 Å². The molecule has 0 aliphatic carbocycles. The van der Waals surface area contributed by atoms with Crippen molar-refractivity contribution in [3.05, 3.63) is 101 Å². The highest BCUT2D eigenvalue weighted by Gasteiger charge is 2.39. The normalized spacial score (nSPS) is 17.7. The summed E-state index contributed by atoms with van der Waals surface area (Å²) in [5, 5.41) is 0. The van der Waals surface area contributed by atoms with Crippen molar-refractivity contribution in [2.24, 2.45) is 0 Å². The van der Waals surface area contributed by atoms with Crippen LogP contribution in [0, 0.1) is 6.92 Å². The number of anilines is 1. The fraction of sp³-hybridized carbons (Fsp3) is 0.400. The molecule has 2 nitrogen and oxygen atoms in total. The topological polar surface area (TPSA) is 12.5 Å². The van der Waals surface area contributed by atoms with E-state index in [1.807, 2.05) is 0 Å². The van der Waals surface area contributed by atoms with E-state index in [2.05, 4.69) is 120 Å². The van der Waals surface area contributed by atoms with Crippen molar-refractivity contribution in [3.63, 3.8) is 0 Å². The number of hydrogen-bond donors (Lipinski definition) is 0. The van der Waals surface area contributed by atoms with Gasteiger partial charge in [-0.25, -0.2) is 0 Å².